The zero-order chi connectivity index (χ0) is 15.5. The second-order valence-electron chi connectivity index (χ2n) is 7.29. The molecule has 0 bridgehead atoms. The third-order valence-corrected chi connectivity index (χ3v) is 4.48. The van der Waals surface area contributed by atoms with Crippen LogP contribution < -0.4 is 10.1 Å². The molecule has 3 heteroatoms. The predicted molar refractivity (Wildman–Crippen MR) is 90.4 cm³/mol. The summed E-state index contributed by atoms with van der Waals surface area (Å²) in [4.78, 5) is 2.41. The van der Waals surface area contributed by atoms with Crippen LogP contribution in [0, 0.1) is 5.92 Å². The molecule has 1 saturated heterocycles. The lowest BCUT2D eigenvalue weighted by molar-refractivity contribution is 0.226. The Morgan fingerprint density at radius 3 is 2.48 bits per heavy atom. The minimum absolute atomic E-state index is 0.163. The summed E-state index contributed by atoms with van der Waals surface area (Å²) < 4.78 is 5.50. The molecular weight excluding hydrogens is 260 g/mol. The fourth-order valence-electron chi connectivity index (χ4n) is 2.83. The van der Waals surface area contributed by atoms with Gasteiger partial charge in [-0.2, -0.15) is 0 Å². The van der Waals surface area contributed by atoms with Crippen LogP contribution in [-0.4, -0.2) is 38.7 Å². The van der Waals surface area contributed by atoms with Crippen molar-refractivity contribution in [2.45, 2.75) is 39.0 Å². The summed E-state index contributed by atoms with van der Waals surface area (Å²) in [7, 11) is 3.95. The molecule has 1 N–H and O–H groups in total. The number of nitrogens with one attached hydrogen (secondary N) is 1. The molecule has 118 valence electrons. The fraction of sp³-hybridized carbons (Fsp3) is 0.667. The van der Waals surface area contributed by atoms with Gasteiger partial charge < -0.3 is 15.0 Å². The molecule has 1 aromatic rings. The van der Waals surface area contributed by atoms with Gasteiger partial charge in [0.25, 0.3) is 0 Å². The monoisotopic (exact) mass is 290 g/mol. The Bertz CT molecular complexity index is 457. The van der Waals surface area contributed by atoms with Crippen LogP contribution in [0.3, 0.4) is 0 Å². The minimum Gasteiger partial charge on any atom is -0.495 e. The van der Waals surface area contributed by atoms with Crippen LogP contribution in [0.2, 0.25) is 0 Å². The summed E-state index contributed by atoms with van der Waals surface area (Å²) >= 11 is 0. The van der Waals surface area contributed by atoms with Crippen molar-refractivity contribution in [1.82, 2.24) is 4.90 Å². The molecule has 0 amide bonds. The lowest BCUT2D eigenvalue weighted by atomic mass is 9.86. The maximum atomic E-state index is 5.50. The average Bonchev–Trinajstić information content (AvgIpc) is 2.45. The largest absolute Gasteiger partial charge is 0.495 e. The van der Waals surface area contributed by atoms with E-state index in [0.717, 1.165) is 23.9 Å². The van der Waals surface area contributed by atoms with Crippen LogP contribution in [0.25, 0.3) is 0 Å². The molecule has 1 heterocycles. The summed E-state index contributed by atoms with van der Waals surface area (Å²) in [6, 6.07) is 6.49. The summed E-state index contributed by atoms with van der Waals surface area (Å²) in [5, 5.41) is 3.62. The maximum absolute atomic E-state index is 5.50. The van der Waals surface area contributed by atoms with Gasteiger partial charge in [-0.3, -0.25) is 0 Å². The van der Waals surface area contributed by atoms with Gasteiger partial charge >= 0.3 is 0 Å². The van der Waals surface area contributed by atoms with Crippen molar-refractivity contribution in [2.24, 2.45) is 5.92 Å². The van der Waals surface area contributed by atoms with Crippen LogP contribution in [0.1, 0.15) is 39.2 Å². The van der Waals surface area contributed by atoms with Crippen molar-refractivity contribution < 1.29 is 4.74 Å². The SMILES string of the molecule is COc1ccc(C(C)(C)C)cc1NCC1CCN(C)CC1. The second kappa shape index (κ2) is 6.69. The van der Waals surface area contributed by atoms with Crippen LogP contribution in [-0.2, 0) is 5.41 Å². The van der Waals surface area contributed by atoms with E-state index in [2.05, 4.69) is 56.2 Å². The quantitative estimate of drug-likeness (QED) is 0.914. The zero-order valence-corrected chi connectivity index (χ0v) is 14.2. The summed E-state index contributed by atoms with van der Waals surface area (Å²) in [6.07, 6.45) is 2.57. The fourth-order valence-corrected chi connectivity index (χ4v) is 2.83. The Kier molecular flexibility index (Phi) is 5.15. The Morgan fingerprint density at radius 2 is 1.90 bits per heavy atom. The van der Waals surface area contributed by atoms with Gasteiger partial charge in [-0.1, -0.05) is 26.8 Å². The molecule has 1 aliphatic rings. The molecule has 0 saturated carbocycles. The average molecular weight is 290 g/mol. The van der Waals surface area contributed by atoms with Gasteiger partial charge in [0, 0.05) is 6.54 Å². The smallest absolute Gasteiger partial charge is 0.141 e. The molecular formula is C18H30N2O. The van der Waals surface area contributed by atoms with Crippen molar-refractivity contribution in [3.05, 3.63) is 23.8 Å². The van der Waals surface area contributed by atoms with E-state index in [1.807, 2.05) is 0 Å². The van der Waals surface area contributed by atoms with Gasteiger partial charge in [-0.15, -0.1) is 0 Å². The first-order valence-corrected chi connectivity index (χ1v) is 8.01. The standard InChI is InChI=1S/C18H30N2O/c1-18(2,3)15-6-7-17(21-5)16(12-15)19-13-14-8-10-20(4)11-9-14/h6-7,12,14,19H,8-11,13H2,1-5H3. The number of ether oxygens (including phenoxy) is 1. The normalized spacial score (nSPS) is 17.8. The van der Waals surface area contributed by atoms with E-state index in [-0.39, 0.29) is 5.41 Å². The summed E-state index contributed by atoms with van der Waals surface area (Å²) in [5.41, 5.74) is 2.63. The zero-order valence-electron chi connectivity index (χ0n) is 14.2. The number of methoxy groups -OCH3 is 1. The molecule has 1 aliphatic heterocycles. The topological polar surface area (TPSA) is 24.5 Å². The highest BCUT2D eigenvalue weighted by molar-refractivity contribution is 5.59. The van der Waals surface area contributed by atoms with Crippen LogP contribution in [0.4, 0.5) is 5.69 Å². The molecule has 0 radical (unpaired) electrons. The molecule has 1 aromatic carbocycles. The second-order valence-corrected chi connectivity index (χ2v) is 7.29. The third kappa shape index (κ3) is 4.37. The van der Waals surface area contributed by atoms with E-state index < -0.39 is 0 Å². The minimum atomic E-state index is 0.163. The van der Waals surface area contributed by atoms with Crippen molar-refractivity contribution in [2.75, 3.05) is 39.1 Å². The molecule has 0 spiro atoms. The first kappa shape index (κ1) is 16.2. The highest BCUT2D eigenvalue weighted by atomic mass is 16.5. The number of hydrogen-bond acceptors (Lipinski definition) is 3. The molecule has 0 atom stereocenters. The first-order valence-electron chi connectivity index (χ1n) is 8.01. The Hall–Kier alpha value is -1.22. The first-order chi connectivity index (χ1) is 9.90. The van der Waals surface area contributed by atoms with Crippen LogP contribution in [0.5, 0.6) is 5.75 Å². The van der Waals surface area contributed by atoms with Crippen LogP contribution >= 0.6 is 0 Å². The van der Waals surface area contributed by atoms with E-state index in [4.69, 9.17) is 4.74 Å². The molecule has 0 unspecified atom stereocenters. The van der Waals surface area contributed by atoms with Crippen LogP contribution in [0.15, 0.2) is 18.2 Å². The van der Waals surface area contributed by atoms with Gasteiger partial charge in [-0.25, -0.2) is 0 Å². The van der Waals surface area contributed by atoms with Crippen molar-refractivity contribution in [1.29, 1.82) is 0 Å². The molecule has 0 aromatic heterocycles. The number of nitrogens with zero attached hydrogens (tertiary/aromatic N) is 1. The van der Waals surface area contributed by atoms with E-state index in [9.17, 15) is 0 Å². The van der Waals surface area contributed by atoms with E-state index in [1.165, 1.54) is 31.5 Å². The molecule has 2 rings (SSSR count). The molecule has 3 nitrogen and oxygen atoms in total. The molecule has 21 heavy (non-hydrogen) atoms. The van der Waals surface area contributed by atoms with E-state index in [1.54, 1.807) is 7.11 Å². The highest BCUT2D eigenvalue weighted by Gasteiger charge is 2.18. The predicted octanol–water partition coefficient (Wildman–Crippen LogP) is 3.75. The summed E-state index contributed by atoms with van der Waals surface area (Å²) in [6.45, 7) is 10.2. The number of piperidine rings is 1. The lowest BCUT2D eigenvalue weighted by Gasteiger charge is -2.29. The van der Waals surface area contributed by atoms with Gasteiger partial charge in [0.05, 0.1) is 12.8 Å². The van der Waals surface area contributed by atoms with E-state index in [0.29, 0.717) is 0 Å². The van der Waals surface area contributed by atoms with Gasteiger partial charge in [0.2, 0.25) is 0 Å². The van der Waals surface area contributed by atoms with Crippen molar-refractivity contribution in [3.63, 3.8) is 0 Å². The Morgan fingerprint density at radius 1 is 1.24 bits per heavy atom. The Balaban J connectivity index is 2.04. The number of anilines is 1. The number of hydrogen-bond donors (Lipinski definition) is 1. The van der Waals surface area contributed by atoms with Crippen molar-refractivity contribution in [3.8, 4) is 5.75 Å². The lowest BCUT2D eigenvalue weighted by Crippen LogP contribution is -2.33. The van der Waals surface area contributed by atoms with Gasteiger partial charge in [0.1, 0.15) is 5.75 Å². The Labute approximate surface area is 129 Å². The number of benzene rings is 1. The van der Waals surface area contributed by atoms with E-state index >= 15 is 0 Å². The molecule has 0 aliphatic carbocycles. The summed E-state index contributed by atoms with van der Waals surface area (Å²) in [5.74, 6) is 1.71. The third-order valence-electron chi connectivity index (χ3n) is 4.48. The highest BCUT2D eigenvalue weighted by Crippen LogP contribution is 2.31. The number of rotatable bonds is 4. The van der Waals surface area contributed by atoms with Crippen molar-refractivity contribution >= 4 is 5.69 Å². The van der Waals surface area contributed by atoms with Gasteiger partial charge in [0.15, 0.2) is 0 Å². The molecule has 1 fully saturated rings. The maximum Gasteiger partial charge on any atom is 0.141 e. The van der Waals surface area contributed by atoms with Gasteiger partial charge in [-0.05, 0) is 62.0 Å². The number of likely N-dealkylation sites (tertiary alicyclic amines) is 1.